The van der Waals surface area contributed by atoms with E-state index >= 15 is 0 Å². The zero-order valence-electron chi connectivity index (χ0n) is 8.56. The van der Waals surface area contributed by atoms with Gasteiger partial charge in [0, 0.05) is 5.56 Å². The summed E-state index contributed by atoms with van der Waals surface area (Å²) in [6, 6.07) is 7.72. The van der Waals surface area contributed by atoms with Crippen molar-refractivity contribution in [3.63, 3.8) is 0 Å². The van der Waals surface area contributed by atoms with Gasteiger partial charge in [-0.2, -0.15) is 0 Å². The first-order valence-corrected chi connectivity index (χ1v) is 4.65. The molecule has 0 aliphatic rings. The first-order chi connectivity index (χ1) is 6.79. The van der Waals surface area contributed by atoms with Gasteiger partial charge in [-0.3, -0.25) is 0 Å². The van der Waals surface area contributed by atoms with E-state index in [-0.39, 0.29) is 12.7 Å². The number of para-hydroxylation sites is 1. The Kier molecular flexibility index (Phi) is 4.43. The summed E-state index contributed by atoms with van der Waals surface area (Å²) < 4.78 is 10.6. The molecule has 3 nitrogen and oxygen atoms in total. The highest BCUT2D eigenvalue weighted by molar-refractivity contribution is 5.34. The Morgan fingerprint density at radius 3 is 2.71 bits per heavy atom. The molecule has 0 saturated carbocycles. The van der Waals surface area contributed by atoms with Crippen LogP contribution in [0.25, 0.3) is 0 Å². The lowest BCUT2D eigenvalue weighted by molar-refractivity contribution is 0.0372. The van der Waals surface area contributed by atoms with E-state index in [0.717, 1.165) is 11.3 Å². The second-order valence-electron chi connectivity index (χ2n) is 2.98. The van der Waals surface area contributed by atoms with Gasteiger partial charge in [0.05, 0.1) is 26.4 Å². The molecular weight excluding hydrogens is 180 g/mol. The van der Waals surface area contributed by atoms with Crippen molar-refractivity contribution in [2.24, 2.45) is 0 Å². The van der Waals surface area contributed by atoms with E-state index in [2.05, 4.69) is 0 Å². The van der Waals surface area contributed by atoms with Gasteiger partial charge in [0.15, 0.2) is 0 Å². The number of benzene rings is 1. The van der Waals surface area contributed by atoms with Gasteiger partial charge >= 0.3 is 0 Å². The van der Waals surface area contributed by atoms with Gasteiger partial charge in [0.25, 0.3) is 0 Å². The third-order valence-corrected chi connectivity index (χ3v) is 2.04. The van der Waals surface area contributed by atoms with Crippen LogP contribution in [0, 0.1) is 0 Å². The average molecular weight is 196 g/mol. The highest BCUT2D eigenvalue weighted by Crippen LogP contribution is 2.26. The Balaban J connectivity index is 2.72. The van der Waals surface area contributed by atoms with Crippen molar-refractivity contribution in [3.05, 3.63) is 29.8 Å². The van der Waals surface area contributed by atoms with E-state index in [1.807, 2.05) is 31.2 Å². The fraction of sp³-hybridized carbons (Fsp3) is 0.455. The van der Waals surface area contributed by atoms with Gasteiger partial charge in [-0.1, -0.05) is 18.2 Å². The molecule has 0 bridgehead atoms. The topological polar surface area (TPSA) is 38.7 Å². The summed E-state index contributed by atoms with van der Waals surface area (Å²) in [7, 11) is 1.64. The van der Waals surface area contributed by atoms with Crippen molar-refractivity contribution in [1.82, 2.24) is 0 Å². The molecule has 0 aromatic heterocycles. The first kappa shape index (κ1) is 11.0. The number of aliphatic hydroxyl groups is 1. The molecule has 14 heavy (non-hydrogen) atoms. The minimum Gasteiger partial charge on any atom is -0.496 e. The smallest absolute Gasteiger partial charge is 0.124 e. The number of aliphatic hydroxyl groups excluding tert-OH is 1. The second kappa shape index (κ2) is 5.62. The molecule has 0 radical (unpaired) electrons. The predicted molar refractivity (Wildman–Crippen MR) is 54.4 cm³/mol. The molecule has 0 heterocycles. The first-order valence-electron chi connectivity index (χ1n) is 4.65. The van der Waals surface area contributed by atoms with Crippen molar-refractivity contribution >= 4 is 0 Å². The third-order valence-electron chi connectivity index (χ3n) is 2.04. The molecule has 1 rings (SSSR count). The Bertz CT molecular complexity index is 273. The Morgan fingerprint density at radius 2 is 2.07 bits per heavy atom. The monoisotopic (exact) mass is 196 g/mol. The Hall–Kier alpha value is -1.06. The maximum Gasteiger partial charge on any atom is 0.124 e. The van der Waals surface area contributed by atoms with Crippen LogP contribution in [0.1, 0.15) is 18.6 Å². The minimum absolute atomic E-state index is 0.0412. The molecule has 0 aliphatic carbocycles. The number of methoxy groups -OCH3 is 1. The van der Waals surface area contributed by atoms with Crippen LogP contribution in [0.2, 0.25) is 0 Å². The highest BCUT2D eigenvalue weighted by atomic mass is 16.5. The Morgan fingerprint density at radius 1 is 1.36 bits per heavy atom. The van der Waals surface area contributed by atoms with E-state index in [1.165, 1.54) is 0 Å². The minimum atomic E-state index is -0.0571. The second-order valence-corrected chi connectivity index (χ2v) is 2.98. The van der Waals surface area contributed by atoms with Crippen molar-refractivity contribution in [2.45, 2.75) is 13.0 Å². The predicted octanol–water partition coefficient (Wildman–Crippen LogP) is 1.77. The fourth-order valence-corrected chi connectivity index (χ4v) is 1.32. The number of hydrogen-bond donors (Lipinski definition) is 1. The zero-order valence-corrected chi connectivity index (χ0v) is 8.56. The van der Waals surface area contributed by atoms with Gasteiger partial charge < -0.3 is 14.6 Å². The third kappa shape index (κ3) is 2.72. The number of ether oxygens (including phenoxy) is 2. The van der Waals surface area contributed by atoms with Gasteiger partial charge in [0.2, 0.25) is 0 Å². The average Bonchev–Trinajstić information content (AvgIpc) is 2.25. The van der Waals surface area contributed by atoms with Gasteiger partial charge in [-0.05, 0) is 13.0 Å². The van der Waals surface area contributed by atoms with Crippen LogP contribution >= 0.6 is 0 Å². The van der Waals surface area contributed by atoms with E-state index in [1.54, 1.807) is 7.11 Å². The van der Waals surface area contributed by atoms with Crippen molar-refractivity contribution in [1.29, 1.82) is 0 Å². The zero-order chi connectivity index (χ0) is 10.4. The highest BCUT2D eigenvalue weighted by Gasteiger charge is 2.10. The summed E-state index contributed by atoms with van der Waals surface area (Å²) in [5.74, 6) is 0.818. The maximum absolute atomic E-state index is 8.63. The van der Waals surface area contributed by atoms with Gasteiger partial charge in [0.1, 0.15) is 5.75 Å². The summed E-state index contributed by atoms with van der Waals surface area (Å²) >= 11 is 0. The summed E-state index contributed by atoms with van der Waals surface area (Å²) in [6.45, 7) is 2.33. The molecule has 3 heteroatoms. The van der Waals surface area contributed by atoms with Crippen LogP contribution in [0.4, 0.5) is 0 Å². The molecule has 0 saturated heterocycles. The molecule has 1 aromatic carbocycles. The number of rotatable bonds is 5. The molecule has 1 unspecified atom stereocenters. The lowest BCUT2D eigenvalue weighted by Gasteiger charge is -2.15. The van der Waals surface area contributed by atoms with E-state index < -0.39 is 0 Å². The molecule has 1 N–H and O–H groups in total. The molecule has 78 valence electrons. The fourth-order valence-electron chi connectivity index (χ4n) is 1.32. The molecule has 0 spiro atoms. The maximum atomic E-state index is 8.63. The summed E-state index contributed by atoms with van der Waals surface area (Å²) in [6.07, 6.45) is -0.0571. The molecule has 1 atom stereocenters. The summed E-state index contributed by atoms with van der Waals surface area (Å²) in [5, 5.41) is 8.63. The SMILES string of the molecule is COc1ccccc1C(C)OCCO. The van der Waals surface area contributed by atoms with Crippen LogP contribution in [0.3, 0.4) is 0 Å². The molecule has 0 fully saturated rings. The van der Waals surface area contributed by atoms with Crippen LogP contribution < -0.4 is 4.74 Å². The van der Waals surface area contributed by atoms with Crippen LogP contribution in [0.5, 0.6) is 5.75 Å². The number of hydrogen-bond acceptors (Lipinski definition) is 3. The molecular formula is C11H16O3. The van der Waals surface area contributed by atoms with Crippen molar-refractivity contribution in [3.8, 4) is 5.75 Å². The Labute approximate surface area is 84.3 Å². The molecule has 0 amide bonds. The molecule has 1 aromatic rings. The summed E-state index contributed by atoms with van der Waals surface area (Å²) in [4.78, 5) is 0. The van der Waals surface area contributed by atoms with E-state index in [9.17, 15) is 0 Å². The largest absolute Gasteiger partial charge is 0.496 e. The lowest BCUT2D eigenvalue weighted by Crippen LogP contribution is -2.05. The quantitative estimate of drug-likeness (QED) is 0.780. The van der Waals surface area contributed by atoms with Crippen molar-refractivity contribution < 1.29 is 14.6 Å². The van der Waals surface area contributed by atoms with Crippen LogP contribution in [0.15, 0.2) is 24.3 Å². The van der Waals surface area contributed by atoms with Gasteiger partial charge in [-0.25, -0.2) is 0 Å². The molecule has 0 aliphatic heterocycles. The normalized spacial score (nSPS) is 12.5. The summed E-state index contributed by atoms with van der Waals surface area (Å²) in [5.41, 5.74) is 1.00. The van der Waals surface area contributed by atoms with E-state index in [4.69, 9.17) is 14.6 Å². The van der Waals surface area contributed by atoms with Gasteiger partial charge in [-0.15, -0.1) is 0 Å². The van der Waals surface area contributed by atoms with E-state index in [0.29, 0.717) is 6.61 Å². The standard InChI is InChI=1S/C11H16O3/c1-9(14-8-7-12)10-5-3-4-6-11(10)13-2/h3-6,9,12H,7-8H2,1-2H3. The van der Waals surface area contributed by atoms with Crippen LogP contribution in [-0.4, -0.2) is 25.4 Å². The van der Waals surface area contributed by atoms with Crippen LogP contribution in [-0.2, 0) is 4.74 Å². The lowest BCUT2D eigenvalue weighted by atomic mass is 10.1. The van der Waals surface area contributed by atoms with Crippen molar-refractivity contribution in [2.75, 3.05) is 20.3 Å².